The summed E-state index contributed by atoms with van der Waals surface area (Å²) in [6.07, 6.45) is -1.23. The van der Waals surface area contributed by atoms with E-state index in [1.54, 1.807) is 7.11 Å². The van der Waals surface area contributed by atoms with Gasteiger partial charge in [-0.25, -0.2) is 0 Å². The van der Waals surface area contributed by atoms with Gasteiger partial charge in [0.2, 0.25) is 0 Å². The molecule has 0 radical (unpaired) electrons. The summed E-state index contributed by atoms with van der Waals surface area (Å²) in [7, 11) is 1.60. The average molecular weight is 317 g/mol. The molecule has 0 aliphatic rings. The monoisotopic (exact) mass is 316 g/mol. The van der Waals surface area contributed by atoms with Crippen molar-refractivity contribution in [2.24, 2.45) is 5.41 Å². The highest BCUT2D eigenvalue weighted by Gasteiger charge is 2.29. The fourth-order valence-electron chi connectivity index (χ4n) is 1.82. The number of aliphatic hydroxyl groups excluding tert-OH is 2. The van der Waals surface area contributed by atoms with Gasteiger partial charge in [0.05, 0.1) is 19.3 Å². The van der Waals surface area contributed by atoms with Gasteiger partial charge in [0.25, 0.3) is 0 Å². The molecule has 0 bridgehead atoms. The molecule has 1 aromatic rings. The topological polar surface area (TPSA) is 49.7 Å². The molecule has 0 aliphatic heterocycles. The molecule has 0 heterocycles. The van der Waals surface area contributed by atoms with Gasteiger partial charge < -0.3 is 14.9 Å². The summed E-state index contributed by atoms with van der Waals surface area (Å²) in [5, 5.41) is 20.1. The fourth-order valence-corrected chi connectivity index (χ4v) is 2.23. The molecule has 4 heteroatoms. The molecular formula is C14H21BrO3. The Kier molecular flexibility index (Phi) is 5.20. The van der Waals surface area contributed by atoms with Crippen LogP contribution in [-0.2, 0) is 6.42 Å². The van der Waals surface area contributed by atoms with Crippen LogP contribution in [0.4, 0.5) is 0 Å². The van der Waals surface area contributed by atoms with Gasteiger partial charge in [-0.05, 0) is 29.2 Å². The second-order valence-corrected chi connectivity index (χ2v) is 6.45. The smallest absolute Gasteiger partial charge is 0.122 e. The van der Waals surface area contributed by atoms with E-state index in [2.05, 4.69) is 15.9 Å². The van der Waals surface area contributed by atoms with Crippen molar-refractivity contribution in [1.82, 2.24) is 0 Å². The van der Waals surface area contributed by atoms with Crippen molar-refractivity contribution in [3.8, 4) is 5.75 Å². The molecule has 0 fully saturated rings. The van der Waals surface area contributed by atoms with Crippen LogP contribution in [0.3, 0.4) is 0 Å². The molecule has 1 aromatic carbocycles. The lowest BCUT2D eigenvalue weighted by molar-refractivity contribution is -0.0435. The van der Waals surface area contributed by atoms with Crippen molar-refractivity contribution >= 4 is 15.9 Å². The molecule has 0 saturated carbocycles. The molecule has 18 heavy (non-hydrogen) atoms. The molecule has 0 aromatic heterocycles. The molecule has 1 rings (SSSR count). The normalized spacial score (nSPS) is 15.3. The van der Waals surface area contributed by atoms with E-state index in [9.17, 15) is 10.2 Å². The van der Waals surface area contributed by atoms with Gasteiger partial charge >= 0.3 is 0 Å². The standard InChI is InChI=1S/C14H21BrO3/c1-14(2,3)13(17)11(16)8-9-7-10(15)5-6-12(9)18-4/h5-7,11,13,16-17H,8H2,1-4H3. The van der Waals surface area contributed by atoms with Crippen LogP contribution in [0.15, 0.2) is 22.7 Å². The van der Waals surface area contributed by atoms with E-state index >= 15 is 0 Å². The van der Waals surface area contributed by atoms with E-state index in [-0.39, 0.29) is 5.41 Å². The van der Waals surface area contributed by atoms with Crippen LogP contribution in [-0.4, -0.2) is 29.5 Å². The number of methoxy groups -OCH3 is 1. The Labute approximate surface area is 117 Å². The summed E-state index contributed by atoms with van der Waals surface area (Å²) in [4.78, 5) is 0. The summed E-state index contributed by atoms with van der Waals surface area (Å²) in [5.41, 5.74) is 0.529. The van der Waals surface area contributed by atoms with Gasteiger partial charge in [-0.3, -0.25) is 0 Å². The van der Waals surface area contributed by atoms with Gasteiger partial charge in [0, 0.05) is 10.9 Å². The second-order valence-electron chi connectivity index (χ2n) is 5.54. The predicted molar refractivity (Wildman–Crippen MR) is 75.9 cm³/mol. The Bertz CT molecular complexity index is 399. The lowest BCUT2D eigenvalue weighted by Gasteiger charge is -2.30. The molecule has 2 unspecified atom stereocenters. The predicted octanol–water partition coefficient (Wildman–Crippen LogP) is 2.77. The van der Waals surface area contributed by atoms with E-state index in [4.69, 9.17) is 4.74 Å². The summed E-state index contributed by atoms with van der Waals surface area (Å²) in [5.74, 6) is 0.721. The Balaban J connectivity index is 2.87. The minimum absolute atomic E-state index is 0.349. The van der Waals surface area contributed by atoms with E-state index in [1.807, 2.05) is 39.0 Å². The zero-order chi connectivity index (χ0) is 13.9. The minimum Gasteiger partial charge on any atom is -0.496 e. The SMILES string of the molecule is COc1ccc(Br)cc1CC(O)C(O)C(C)(C)C. The first kappa shape index (κ1) is 15.5. The maximum Gasteiger partial charge on any atom is 0.122 e. The van der Waals surface area contributed by atoms with Crippen LogP contribution >= 0.6 is 15.9 Å². The Morgan fingerprint density at radius 2 is 1.89 bits per heavy atom. The molecule has 0 saturated heterocycles. The summed E-state index contributed by atoms with van der Waals surface area (Å²) >= 11 is 3.39. The highest BCUT2D eigenvalue weighted by Crippen LogP contribution is 2.28. The Hall–Kier alpha value is -0.580. The Morgan fingerprint density at radius 1 is 1.28 bits per heavy atom. The quantitative estimate of drug-likeness (QED) is 0.898. The van der Waals surface area contributed by atoms with Crippen LogP contribution < -0.4 is 4.74 Å². The molecule has 2 atom stereocenters. The van der Waals surface area contributed by atoms with Crippen molar-refractivity contribution in [2.75, 3.05) is 7.11 Å². The third kappa shape index (κ3) is 3.97. The number of rotatable bonds is 4. The summed E-state index contributed by atoms with van der Waals surface area (Å²) < 4.78 is 6.18. The third-order valence-electron chi connectivity index (χ3n) is 2.92. The maximum absolute atomic E-state index is 10.1. The summed E-state index contributed by atoms with van der Waals surface area (Å²) in [6.45, 7) is 5.71. The lowest BCUT2D eigenvalue weighted by Crippen LogP contribution is -2.38. The minimum atomic E-state index is -0.812. The number of hydrogen-bond acceptors (Lipinski definition) is 3. The summed E-state index contributed by atoms with van der Waals surface area (Å²) in [6, 6.07) is 5.63. The first-order valence-electron chi connectivity index (χ1n) is 5.94. The van der Waals surface area contributed by atoms with Crippen molar-refractivity contribution in [3.63, 3.8) is 0 Å². The second kappa shape index (κ2) is 6.04. The third-order valence-corrected chi connectivity index (χ3v) is 3.42. The van der Waals surface area contributed by atoms with Gasteiger partial charge in [0.15, 0.2) is 0 Å². The van der Waals surface area contributed by atoms with Crippen LogP contribution in [0, 0.1) is 5.41 Å². The number of halogens is 1. The molecule has 0 spiro atoms. The van der Waals surface area contributed by atoms with Gasteiger partial charge in [0.1, 0.15) is 5.75 Å². The molecule has 3 nitrogen and oxygen atoms in total. The zero-order valence-corrected chi connectivity index (χ0v) is 12.9. The molecular weight excluding hydrogens is 296 g/mol. The van der Waals surface area contributed by atoms with E-state index in [0.29, 0.717) is 6.42 Å². The van der Waals surface area contributed by atoms with Crippen molar-refractivity contribution < 1.29 is 14.9 Å². The molecule has 0 aliphatic carbocycles. The molecule has 102 valence electrons. The number of hydrogen-bond donors (Lipinski definition) is 2. The lowest BCUT2D eigenvalue weighted by atomic mass is 9.84. The van der Waals surface area contributed by atoms with Gasteiger partial charge in [-0.15, -0.1) is 0 Å². The van der Waals surface area contributed by atoms with E-state index in [0.717, 1.165) is 15.8 Å². The fraction of sp³-hybridized carbons (Fsp3) is 0.571. The van der Waals surface area contributed by atoms with Gasteiger partial charge in [-0.1, -0.05) is 36.7 Å². The molecule has 0 amide bonds. The van der Waals surface area contributed by atoms with Crippen molar-refractivity contribution in [1.29, 1.82) is 0 Å². The zero-order valence-electron chi connectivity index (χ0n) is 11.3. The van der Waals surface area contributed by atoms with Crippen LogP contribution in [0.5, 0.6) is 5.75 Å². The number of ether oxygens (including phenoxy) is 1. The highest BCUT2D eigenvalue weighted by atomic mass is 79.9. The van der Waals surface area contributed by atoms with Crippen molar-refractivity contribution in [2.45, 2.75) is 39.4 Å². The highest BCUT2D eigenvalue weighted by molar-refractivity contribution is 9.10. The average Bonchev–Trinajstić information content (AvgIpc) is 2.27. The van der Waals surface area contributed by atoms with E-state index in [1.165, 1.54) is 0 Å². The first-order valence-corrected chi connectivity index (χ1v) is 6.73. The van der Waals surface area contributed by atoms with Crippen LogP contribution in [0.25, 0.3) is 0 Å². The van der Waals surface area contributed by atoms with E-state index < -0.39 is 12.2 Å². The first-order chi connectivity index (χ1) is 8.25. The van der Waals surface area contributed by atoms with Crippen molar-refractivity contribution in [3.05, 3.63) is 28.2 Å². The maximum atomic E-state index is 10.1. The molecule has 2 N–H and O–H groups in total. The largest absolute Gasteiger partial charge is 0.496 e. The van der Waals surface area contributed by atoms with Crippen LogP contribution in [0.1, 0.15) is 26.3 Å². The number of benzene rings is 1. The number of aliphatic hydroxyl groups is 2. The van der Waals surface area contributed by atoms with Gasteiger partial charge in [-0.2, -0.15) is 0 Å². The Morgan fingerprint density at radius 3 is 2.39 bits per heavy atom. The van der Waals surface area contributed by atoms with Crippen LogP contribution in [0.2, 0.25) is 0 Å².